The van der Waals surface area contributed by atoms with Gasteiger partial charge < -0.3 is 4.55 Å². The second-order valence-electron chi connectivity index (χ2n) is 3.40. The molecule has 0 aromatic rings. The molecule has 0 radical (unpaired) electrons. The summed E-state index contributed by atoms with van der Waals surface area (Å²) in [7, 11) is -4.55. The predicted octanol–water partition coefficient (Wildman–Crippen LogP) is -4.32. The van der Waals surface area contributed by atoms with Gasteiger partial charge >= 0.3 is 29.6 Å². The Kier molecular flexibility index (Phi) is 4.36. The van der Waals surface area contributed by atoms with E-state index in [0.717, 1.165) is 19.5 Å². The molecule has 0 aliphatic carbocycles. The van der Waals surface area contributed by atoms with Crippen molar-refractivity contribution in [3.8, 4) is 0 Å². The molecule has 3 unspecified atom stereocenters. The topological polar surface area (TPSA) is 81.7 Å². The molecule has 0 spiro atoms. The van der Waals surface area contributed by atoms with Gasteiger partial charge in [-0.05, 0) is 6.42 Å². The van der Waals surface area contributed by atoms with E-state index >= 15 is 0 Å². The van der Waals surface area contributed by atoms with E-state index in [1.165, 1.54) is 0 Å². The summed E-state index contributed by atoms with van der Waals surface area (Å²) in [5, 5.41) is 1.89. The number of hydrazine groups is 1. The second-order valence-corrected chi connectivity index (χ2v) is 4.41. The molecule has 76 valence electrons. The molecule has 3 atom stereocenters. The van der Waals surface area contributed by atoms with Crippen molar-refractivity contribution in [3.63, 3.8) is 0 Å². The summed E-state index contributed by atoms with van der Waals surface area (Å²) in [5.41, 5.74) is 3.08. The average molecular weight is 230 g/mol. The summed E-state index contributed by atoms with van der Waals surface area (Å²) >= 11 is 0. The summed E-state index contributed by atoms with van der Waals surface area (Å²) in [4.78, 5) is 0. The Hall–Kier alpha value is 0.790. The molecule has 6 nitrogen and oxygen atoms in total. The maximum absolute atomic E-state index is 10.4. The van der Waals surface area contributed by atoms with Crippen molar-refractivity contribution < 1.29 is 46.7 Å². The minimum Gasteiger partial charge on any atom is -0.726 e. The summed E-state index contributed by atoms with van der Waals surface area (Å²) in [6, 6.07) is 0. The Morgan fingerprint density at radius 2 is 2.14 bits per heavy atom. The van der Waals surface area contributed by atoms with Gasteiger partial charge in [0.1, 0.15) is 0 Å². The first kappa shape index (κ1) is 12.9. The number of hydrogen-bond donors (Lipinski definition) is 1. The Morgan fingerprint density at radius 3 is 2.71 bits per heavy atom. The van der Waals surface area contributed by atoms with Gasteiger partial charge in [0.15, 0.2) is 0 Å². The monoisotopic (exact) mass is 230 g/mol. The SMILES string of the molecule is O=S(=O)([O-])OC1CN2CC1CCN2.[Na+]. The van der Waals surface area contributed by atoms with Crippen LogP contribution in [-0.2, 0) is 14.6 Å². The average Bonchev–Trinajstić information content (AvgIpc) is 2.24. The Labute approximate surface area is 105 Å². The molecule has 0 amide bonds. The van der Waals surface area contributed by atoms with E-state index in [4.69, 9.17) is 0 Å². The van der Waals surface area contributed by atoms with E-state index in [1.54, 1.807) is 0 Å². The molecule has 2 saturated heterocycles. The molecule has 2 aliphatic rings. The number of nitrogens with zero attached hydrogens (tertiary/aromatic N) is 1. The smallest absolute Gasteiger partial charge is 0.726 e. The molecular weight excluding hydrogens is 219 g/mol. The van der Waals surface area contributed by atoms with Crippen LogP contribution < -0.4 is 35.0 Å². The maximum atomic E-state index is 10.4. The van der Waals surface area contributed by atoms with Crippen LogP contribution in [0.15, 0.2) is 0 Å². The van der Waals surface area contributed by atoms with Gasteiger partial charge in [-0.1, -0.05) is 0 Å². The zero-order valence-electron chi connectivity index (χ0n) is 7.97. The fourth-order valence-corrected chi connectivity index (χ4v) is 2.44. The van der Waals surface area contributed by atoms with Crippen LogP contribution in [-0.4, -0.2) is 43.7 Å². The summed E-state index contributed by atoms with van der Waals surface area (Å²) < 4.78 is 35.5. The van der Waals surface area contributed by atoms with Gasteiger partial charge in [0.25, 0.3) is 0 Å². The predicted molar refractivity (Wildman–Crippen MR) is 42.3 cm³/mol. The quantitative estimate of drug-likeness (QED) is 0.293. The molecule has 2 aliphatic heterocycles. The summed E-state index contributed by atoms with van der Waals surface area (Å²) in [6.45, 7) is 2.07. The molecule has 0 saturated carbocycles. The van der Waals surface area contributed by atoms with Gasteiger partial charge in [0.05, 0.1) is 6.10 Å². The van der Waals surface area contributed by atoms with E-state index in [9.17, 15) is 13.0 Å². The number of hydrogen-bond acceptors (Lipinski definition) is 6. The van der Waals surface area contributed by atoms with Crippen molar-refractivity contribution >= 4 is 10.4 Å². The molecule has 1 N–H and O–H groups in total. The van der Waals surface area contributed by atoms with Crippen LogP contribution in [0.3, 0.4) is 0 Å². The van der Waals surface area contributed by atoms with Gasteiger partial charge in [-0.15, -0.1) is 0 Å². The van der Waals surface area contributed by atoms with E-state index in [-0.39, 0.29) is 35.5 Å². The van der Waals surface area contributed by atoms with Gasteiger partial charge in [-0.25, -0.2) is 13.4 Å². The van der Waals surface area contributed by atoms with Crippen molar-refractivity contribution in [3.05, 3.63) is 0 Å². The first-order valence-electron chi connectivity index (χ1n) is 4.17. The summed E-state index contributed by atoms with van der Waals surface area (Å²) in [5.74, 6) is 0.171. The minimum atomic E-state index is -4.55. The third-order valence-electron chi connectivity index (χ3n) is 2.47. The normalized spacial score (nSPS) is 36.5. The Balaban J connectivity index is 0.000000980. The first-order valence-corrected chi connectivity index (χ1v) is 5.50. The van der Waals surface area contributed by atoms with Crippen molar-refractivity contribution in [2.45, 2.75) is 12.5 Å². The van der Waals surface area contributed by atoms with E-state index < -0.39 is 16.5 Å². The van der Waals surface area contributed by atoms with Gasteiger partial charge in [-0.2, -0.15) is 0 Å². The van der Waals surface area contributed by atoms with Crippen LogP contribution in [0.4, 0.5) is 0 Å². The van der Waals surface area contributed by atoms with Gasteiger partial charge in [0.2, 0.25) is 10.4 Å². The third-order valence-corrected chi connectivity index (χ3v) is 2.96. The van der Waals surface area contributed by atoms with Crippen molar-refractivity contribution in [2.24, 2.45) is 5.92 Å². The maximum Gasteiger partial charge on any atom is 1.00 e. The first-order chi connectivity index (χ1) is 6.04. The molecule has 0 aromatic carbocycles. The molecule has 2 heterocycles. The van der Waals surface area contributed by atoms with Crippen LogP contribution in [0, 0.1) is 5.92 Å². The zero-order valence-corrected chi connectivity index (χ0v) is 10.8. The Morgan fingerprint density at radius 1 is 1.43 bits per heavy atom. The number of rotatable bonds is 2. The molecular formula is C6H11N2NaO4S. The fraction of sp³-hybridized carbons (Fsp3) is 1.00. The standard InChI is InChI=1S/C6H12N2O4S.Na/c9-13(10,11)12-6-4-8-3-5(6)1-2-7-8;/h5-7H,1-4H2,(H,9,10,11);/q;+1/p-1. The molecule has 0 aromatic heterocycles. The largest absolute Gasteiger partial charge is 1.00 e. The van der Waals surface area contributed by atoms with Crippen LogP contribution in [0.1, 0.15) is 6.42 Å². The summed E-state index contributed by atoms with van der Waals surface area (Å²) in [6.07, 6.45) is 0.397. The minimum absolute atomic E-state index is 0. The van der Waals surface area contributed by atoms with Crippen LogP contribution in [0.25, 0.3) is 0 Å². The van der Waals surface area contributed by atoms with E-state index in [0.29, 0.717) is 6.54 Å². The number of fused-ring (bicyclic) bond motifs is 2. The molecule has 2 rings (SSSR count). The van der Waals surface area contributed by atoms with Crippen LogP contribution in [0.5, 0.6) is 0 Å². The molecule has 2 fully saturated rings. The van der Waals surface area contributed by atoms with Crippen molar-refractivity contribution in [2.75, 3.05) is 19.6 Å². The van der Waals surface area contributed by atoms with Crippen LogP contribution >= 0.6 is 0 Å². The molecule has 2 bridgehead atoms. The molecule has 14 heavy (non-hydrogen) atoms. The molecule has 8 heteroatoms. The van der Waals surface area contributed by atoms with Crippen molar-refractivity contribution in [1.82, 2.24) is 10.4 Å². The van der Waals surface area contributed by atoms with Crippen molar-refractivity contribution in [1.29, 1.82) is 0 Å². The zero-order chi connectivity index (χ0) is 9.47. The fourth-order valence-electron chi connectivity index (χ4n) is 1.92. The van der Waals surface area contributed by atoms with E-state index in [2.05, 4.69) is 9.61 Å². The van der Waals surface area contributed by atoms with Crippen LogP contribution in [0.2, 0.25) is 0 Å². The second kappa shape index (κ2) is 4.75. The van der Waals surface area contributed by atoms with Gasteiger partial charge in [-0.3, -0.25) is 9.61 Å². The number of nitrogens with one attached hydrogen (secondary N) is 1. The van der Waals surface area contributed by atoms with E-state index in [1.807, 2.05) is 5.01 Å². The van der Waals surface area contributed by atoms with Gasteiger partial charge in [0, 0.05) is 25.6 Å². The Bertz CT molecular complexity index is 296. The third kappa shape index (κ3) is 3.14.